The van der Waals surface area contributed by atoms with E-state index < -0.39 is 0 Å². The van der Waals surface area contributed by atoms with E-state index in [2.05, 4.69) is 9.97 Å². The molecule has 0 saturated heterocycles. The van der Waals surface area contributed by atoms with E-state index in [1.165, 1.54) is 6.92 Å². The van der Waals surface area contributed by atoms with Gasteiger partial charge in [-0.15, -0.1) is 0 Å². The van der Waals surface area contributed by atoms with Crippen molar-refractivity contribution >= 4 is 28.1 Å². The summed E-state index contributed by atoms with van der Waals surface area (Å²) in [7, 11) is 0. The van der Waals surface area contributed by atoms with Crippen LogP contribution in [0.5, 0.6) is 0 Å². The summed E-state index contributed by atoms with van der Waals surface area (Å²) in [6.07, 6.45) is 3.53. The molecule has 0 amide bonds. The smallest absolute Gasteiger partial charge is 0.185 e. The van der Waals surface area contributed by atoms with Crippen molar-refractivity contribution < 1.29 is 9.59 Å². The fourth-order valence-electron chi connectivity index (χ4n) is 4.28. The van der Waals surface area contributed by atoms with Gasteiger partial charge in [-0.25, -0.2) is 4.98 Å². The molecule has 33 heavy (non-hydrogen) atoms. The van der Waals surface area contributed by atoms with Gasteiger partial charge in [-0.05, 0) is 56.7 Å². The van der Waals surface area contributed by atoms with Crippen molar-refractivity contribution in [3.63, 3.8) is 0 Å². The molecule has 5 rings (SSSR count). The van der Waals surface area contributed by atoms with Crippen molar-refractivity contribution in [1.82, 2.24) is 24.1 Å². The summed E-state index contributed by atoms with van der Waals surface area (Å²) < 4.78 is 3.67. The first-order valence-electron chi connectivity index (χ1n) is 10.8. The Balaban J connectivity index is 1.48. The molecule has 164 valence electrons. The Hall–Kier alpha value is -4.13. The van der Waals surface area contributed by atoms with E-state index >= 15 is 0 Å². The number of carbonyl (C=O) groups excluding carboxylic acids is 2. The molecule has 1 aromatic carbocycles. The lowest BCUT2D eigenvalue weighted by atomic mass is 10.0. The standard InChI is InChI=1S/C26H23N5O2/c1-16-6-4-8-21(28-16)15-31-22-9-5-7-20(26(22)17(2)29-31)12-24(33)23-14-27-25-13-19(18(3)32)10-11-30(23)25/h4-11,13-14H,12,15H2,1-3H3. The van der Waals surface area contributed by atoms with Crippen LogP contribution in [0.25, 0.3) is 16.6 Å². The number of hydrogen-bond donors (Lipinski definition) is 0. The number of hydrogen-bond acceptors (Lipinski definition) is 5. The Labute approximate surface area is 190 Å². The van der Waals surface area contributed by atoms with E-state index in [-0.39, 0.29) is 18.0 Å². The third kappa shape index (κ3) is 3.82. The summed E-state index contributed by atoms with van der Waals surface area (Å²) in [4.78, 5) is 33.8. The topological polar surface area (TPSA) is 82.1 Å². The lowest BCUT2D eigenvalue weighted by molar-refractivity contribution is 0.0986. The molecule has 4 heterocycles. The fraction of sp³-hybridized carbons (Fsp3) is 0.192. The van der Waals surface area contributed by atoms with Crippen LogP contribution in [0.3, 0.4) is 0 Å². The molecular formula is C26H23N5O2. The Morgan fingerprint density at radius 3 is 2.64 bits per heavy atom. The summed E-state index contributed by atoms with van der Waals surface area (Å²) in [5.74, 6) is -0.0773. The van der Waals surface area contributed by atoms with E-state index in [9.17, 15) is 9.59 Å². The molecule has 4 aromatic heterocycles. The minimum atomic E-state index is -0.0434. The lowest BCUT2D eigenvalue weighted by Crippen LogP contribution is -2.08. The summed E-state index contributed by atoms with van der Waals surface area (Å²) in [6.45, 7) is 6.02. The van der Waals surface area contributed by atoms with Gasteiger partial charge < -0.3 is 0 Å². The molecule has 0 radical (unpaired) electrons. The fourth-order valence-corrected chi connectivity index (χ4v) is 4.28. The summed E-state index contributed by atoms with van der Waals surface area (Å²) in [5.41, 5.74) is 6.34. The molecular weight excluding hydrogens is 414 g/mol. The molecule has 0 aliphatic carbocycles. The highest BCUT2D eigenvalue weighted by molar-refractivity contribution is 6.00. The van der Waals surface area contributed by atoms with Gasteiger partial charge >= 0.3 is 0 Å². The van der Waals surface area contributed by atoms with Crippen LogP contribution in [0.2, 0.25) is 0 Å². The molecule has 0 aliphatic rings. The third-order valence-electron chi connectivity index (χ3n) is 5.85. The molecule has 7 heteroatoms. The SMILES string of the molecule is CC(=O)c1ccn2c(C(=O)Cc3cccc4c3c(C)nn4Cc3cccc(C)n3)cnc2c1. The minimum Gasteiger partial charge on any atom is -0.297 e. The Kier molecular flexibility index (Phi) is 5.09. The maximum Gasteiger partial charge on any atom is 0.185 e. The number of fused-ring (bicyclic) bond motifs is 2. The van der Waals surface area contributed by atoms with Gasteiger partial charge in [0, 0.05) is 29.3 Å². The number of ketones is 2. The van der Waals surface area contributed by atoms with Crippen molar-refractivity contribution in [3.05, 3.63) is 94.8 Å². The average Bonchev–Trinajstić information content (AvgIpc) is 3.35. The highest BCUT2D eigenvalue weighted by atomic mass is 16.1. The van der Waals surface area contributed by atoms with Gasteiger partial charge in [0.2, 0.25) is 0 Å². The molecule has 0 aliphatic heterocycles. The first kappa shape index (κ1) is 20.8. The van der Waals surface area contributed by atoms with E-state index in [1.807, 2.05) is 54.9 Å². The Bertz CT molecular complexity index is 1540. The zero-order valence-corrected chi connectivity index (χ0v) is 18.7. The molecule has 0 atom stereocenters. The molecule has 0 N–H and O–H groups in total. The van der Waals surface area contributed by atoms with Crippen LogP contribution in [0.4, 0.5) is 0 Å². The molecule has 0 spiro atoms. The van der Waals surface area contributed by atoms with Crippen molar-refractivity contribution in [3.8, 4) is 0 Å². The predicted molar refractivity (Wildman–Crippen MR) is 126 cm³/mol. The average molecular weight is 438 g/mol. The second kappa shape index (κ2) is 8.09. The molecule has 0 bridgehead atoms. The minimum absolute atomic E-state index is 0.0339. The zero-order valence-electron chi connectivity index (χ0n) is 18.7. The van der Waals surface area contributed by atoms with Gasteiger partial charge in [0.15, 0.2) is 11.6 Å². The second-order valence-electron chi connectivity index (χ2n) is 8.27. The largest absolute Gasteiger partial charge is 0.297 e. The number of imidazole rings is 1. The summed E-state index contributed by atoms with van der Waals surface area (Å²) >= 11 is 0. The maximum atomic E-state index is 13.2. The second-order valence-corrected chi connectivity index (χ2v) is 8.27. The van der Waals surface area contributed by atoms with Gasteiger partial charge in [0.05, 0.1) is 29.6 Å². The molecule has 5 aromatic rings. The third-order valence-corrected chi connectivity index (χ3v) is 5.85. The van der Waals surface area contributed by atoms with Gasteiger partial charge in [0.25, 0.3) is 0 Å². The van der Waals surface area contributed by atoms with Crippen molar-refractivity contribution in [2.24, 2.45) is 0 Å². The first-order valence-corrected chi connectivity index (χ1v) is 10.8. The van der Waals surface area contributed by atoms with Crippen LogP contribution in [-0.2, 0) is 13.0 Å². The number of aromatic nitrogens is 5. The lowest BCUT2D eigenvalue weighted by Gasteiger charge is -2.07. The van der Waals surface area contributed by atoms with E-state index in [0.29, 0.717) is 23.4 Å². The van der Waals surface area contributed by atoms with Crippen molar-refractivity contribution in [2.45, 2.75) is 33.7 Å². The maximum absolute atomic E-state index is 13.2. The summed E-state index contributed by atoms with van der Waals surface area (Å²) in [5, 5.41) is 5.73. The van der Waals surface area contributed by atoms with Crippen molar-refractivity contribution in [1.29, 1.82) is 0 Å². The van der Waals surface area contributed by atoms with E-state index in [4.69, 9.17) is 5.10 Å². The molecule has 0 saturated carbocycles. The monoisotopic (exact) mass is 437 g/mol. The Morgan fingerprint density at radius 2 is 1.85 bits per heavy atom. The number of nitrogens with zero attached hydrogens (tertiary/aromatic N) is 5. The van der Waals surface area contributed by atoms with Crippen LogP contribution >= 0.6 is 0 Å². The number of aryl methyl sites for hydroxylation is 2. The number of pyridine rings is 2. The molecule has 0 unspecified atom stereocenters. The first-order chi connectivity index (χ1) is 15.9. The number of rotatable bonds is 6. The number of carbonyl (C=O) groups is 2. The van der Waals surface area contributed by atoms with Gasteiger partial charge in [0.1, 0.15) is 11.3 Å². The quantitative estimate of drug-likeness (QED) is 0.368. The number of benzene rings is 1. The van der Waals surface area contributed by atoms with Crippen LogP contribution < -0.4 is 0 Å². The zero-order chi connectivity index (χ0) is 23.1. The van der Waals surface area contributed by atoms with Crippen LogP contribution in [0.1, 0.15) is 50.4 Å². The number of Topliss-reactive ketones (excluding diaryl/α,β-unsaturated/α-hetero) is 2. The highest BCUT2D eigenvalue weighted by Gasteiger charge is 2.18. The Morgan fingerprint density at radius 1 is 1.03 bits per heavy atom. The van der Waals surface area contributed by atoms with E-state index in [1.54, 1.807) is 28.9 Å². The van der Waals surface area contributed by atoms with Gasteiger partial charge in [-0.3, -0.25) is 23.7 Å². The molecule has 7 nitrogen and oxygen atoms in total. The van der Waals surface area contributed by atoms with Crippen molar-refractivity contribution in [2.75, 3.05) is 0 Å². The highest BCUT2D eigenvalue weighted by Crippen LogP contribution is 2.25. The molecule has 0 fully saturated rings. The normalized spacial score (nSPS) is 11.4. The summed E-state index contributed by atoms with van der Waals surface area (Å²) in [6, 6.07) is 15.3. The van der Waals surface area contributed by atoms with E-state index in [0.717, 1.165) is 33.5 Å². The van der Waals surface area contributed by atoms with Crippen LogP contribution in [-0.4, -0.2) is 35.7 Å². The van der Waals surface area contributed by atoms with Gasteiger partial charge in [-0.2, -0.15) is 5.10 Å². The van der Waals surface area contributed by atoms with Crippen LogP contribution in [0, 0.1) is 13.8 Å². The predicted octanol–water partition coefficient (Wildman–Crippen LogP) is 4.37. The van der Waals surface area contributed by atoms with Crippen LogP contribution in [0.15, 0.2) is 60.9 Å². The van der Waals surface area contributed by atoms with Gasteiger partial charge in [-0.1, -0.05) is 18.2 Å².